The molecule has 0 unspecified atom stereocenters. The Hall–Kier alpha value is -3.77. The Morgan fingerprint density at radius 3 is 2.48 bits per heavy atom. The number of rotatable bonds is 9. The summed E-state index contributed by atoms with van der Waals surface area (Å²) in [5.41, 5.74) is 2.00. The standard InChI is InChI=1S/C26H23ClN2O4/c1-31-24-16-21-22(17-25(24)32-15-5-13-27)28-14-12-23(21)33-20-10-8-19(9-11-20)29-26(30)18-6-3-2-4-7-18/h2-4,6-12,14,16-17H,5,13,15H2,1H3,(H,29,30). The average molecular weight is 463 g/mol. The lowest BCUT2D eigenvalue weighted by Crippen LogP contribution is -2.11. The Morgan fingerprint density at radius 2 is 1.76 bits per heavy atom. The van der Waals surface area contributed by atoms with Gasteiger partial charge in [0, 0.05) is 34.8 Å². The van der Waals surface area contributed by atoms with Crippen LogP contribution >= 0.6 is 11.6 Å². The zero-order valence-corrected chi connectivity index (χ0v) is 18.8. The minimum atomic E-state index is -0.166. The van der Waals surface area contributed by atoms with Crippen molar-refractivity contribution in [1.29, 1.82) is 0 Å². The molecule has 4 aromatic rings. The van der Waals surface area contributed by atoms with Gasteiger partial charge in [-0.2, -0.15) is 0 Å². The van der Waals surface area contributed by atoms with Crippen molar-refractivity contribution < 1.29 is 19.0 Å². The molecule has 0 bridgehead atoms. The number of methoxy groups -OCH3 is 1. The van der Waals surface area contributed by atoms with E-state index in [0.29, 0.717) is 46.7 Å². The van der Waals surface area contributed by atoms with Gasteiger partial charge in [0.25, 0.3) is 5.91 Å². The molecule has 0 saturated heterocycles. The number of aromatic nitrogens is 1. The highest BCUT2D eigenvalue weighted by Gasteiger charge is 2.12. The second-order valence-electron chi connectivity index (χ2n) is 7.17. The zero-order valence-electron chi connectivity index (χ0n) is 18.1. The van der Waals surface area contributed by atoms with Crippen LogP contribution in [0.5, 0.6) is 23.0 Å². The van der Waals surface area contributed by atoms with Crippen LogP contribution in [0.3, 0.4) is 0 Å². The molecule has 0 fully saturated rings. The molecule has 0 saturated carbocycles. The number of hydrogen-bond acceptors (Lipinski definition) is 5. The first-order valence-corrected chi connectivity index (χ1v) is 11.0. The van der Waals surface area contributed by atoms with Crippen LogP contribution in [0.1, 0.15) is 16.8 Å². The second-order valence-corrected chi connectivity index (χ2v) is 7.54. The number of halogens is 1. The highest BCUT2D eigenvalue weighted by atomic mass is 35.5. The summed E-state index contributed by atoms with van der Waals surface area (Å²) in [6.07, 6.45) is 2.42. The van der Waals surface area contributed by atoms with E-state index in [-0.39, 0.29) is 5.91 Å². The Bertz CT molecular complexity index is 1230. The molecule has 3 aromatic carbocycles. The molecule has 168 valence electrons. The van der Waals surface area contributed by atoms with Gasteiger partial charge in [-0.25, -0.2) is 0 Å². The minimum Gasteiger partial charge on any atom is -0.493 e. The van der Waals surface area contributed by atoms with Gasteiger partial charge in [0.15, 0.2) is 11.5 Å². The van der Waals surface area contributed by atoms with Crippen molar-refractivity contribution in [2.24, 2.45) is 0 Å². The molecule has 1 N–H and O–H groups in total. The number of nitrogens with zero attached hydrogens (tertiary/aromatic N) is 1. The minimum absolute atomic E-state index is 0.166. The summed E-state index contributed by atoms with van der Waals surface area (Å²) < 4.78 is 17.4. The van der Waals surface area contributed by atoms with Gasteiger partial charge >= 0.3 is 0 Å². The normalized spacial score (nSPS) is 10.6. The van der Waals surface area contributed by atoms with Gasteiger partial charge < -0.3 is 19.5 Å². The van der Waals surface area contributed by atoms with Gasteiger partial charge in [-0.1, -0.05) is 18.2 Å². The monoisotopic (exact) mass is 462 g/mol. The summed E-state index contributed by atoms with van der Waals surface area (Å²) in [7, 11) is 1.59. The maximum absolute atomic E-state index is 12.3. The van der Waals surface area contributed by atoms with Crippen molar-refractivity contribution in [3.8, 4) is 23.0 Å². The number of anilines is 1. The summed E-state index contributed by atoms with van der Waals surface area (Å²) in [6.45, 7) is 0.495. The Balaban J connectivity index is 1.51. The van der Waals surface area contributed by atoms with Crippen molar-refractivity contribution in [1.82, 2.24) is 4.98 Å². The number of pyridine rings is 1. The van der Waals surface area contributed by atoms with Crippen LogP contribution in [0, 0.1) is 0 Å². The predicted octanol–water partition coefficient (Wildman–Crippen LogP) is 6.30. The molecule has 0 aliphatic rings. The van der Waals surface area contributed by atoms with Crippen LogP contribution in [-0.2, 0) is 0 Å². The van der Waals surface area contributed by atoms with E-state index < -0.39 is 0 Å². The Morgan fingerprint density at radius 1 is 0.970 bits per heavy atom. The molecule has 6 nitrogen and oxygen atoms in total. The lowest BCUT2D eigenvalue weighted by molar-refractivity contribution is 0.102. The number of carbonyl (C=O) groups excluding carboxylic acids is 1. The summed E-state index contributed by atoms with van der Waals surface area (Å²) in [6, 6.07) is 21.7. The summed E-state index contributed by atoms with van der Waals surface area (Å²) >= 11 is 5.74. The summed E-state index contributed by atoms with van der Waals surface area (Å²) in [5, 5.41) is 3.67. The first-order valence-electron chi connectivity index (χ1n) is 10.5. The topological polar surface area (TPSA) is 69.7 Å². The van der Waals surface area contributed by atoms with Crippen molar-refractivity contribution >= 4 is 34.1 Å². The van der Waals surface area contributed by atoms with E-state index in [1.165, 1.54) is 0 Å². The molecule has 1 heterocycles. The van der Waals surface area contributed by atoms with Crippen LogP contribution in [0.4, 0.5) is 5.69 Å². The highest BCUT2D eigenvalue weighted by molar-refractivity contribution is 6.17. The number of hydrogen-bond donors (Lipinski definition) is 1. The summed E-state index contributed by atoms with van der Waals surface area (Å²) in [5.74, 6) is 2.82. The fraction of sp³-hybridized carbons (Fsp3) is 0.154. The van der Waals surface area contributed by atoms with Crippen LogP contribution in [0.25, 0.3) is 10.9 Å². The van der Waals surface area contributed by atoms with Crippen molar-refractivity contribution in [2.45, 2.75) is 6.42 Å². The molecule has 0 atom stereocenters. The lowest BCUT2D eigenvalue weighted by Gasteiger charge is -2.14. The van der Waals surface area contributed by atoms with Gasteiger partial charge in [-0.3, -0.25) is 9.78 Å². The molecule has 7 heteroatoms. The van der Waals surface area contributed by atoms with E-state index in [0.717, 1.165) is 17.3 Å². The predicted molar refractivity (Wildman–Crippen MR) is 130 cm³/mol. The Labute approximate surface area is 197 Å². The Kier molecular flexibility index (Phi) is 7.27. The molecular weight excluding hydrogens is 440 g/mol. The number of nitrogens with one attached hydrogen (secondary N) is 1. The highest BCUT2D eigenvalue weighted by Crippen LogP contribution is 2.37. The maximum Gasteiger partial charge on any atom is 0.255 e. The fourth-order valence-corrected chi connectivity index (χ4v) is 3.36. The molecule has 1 amide bonds. The third-order valence-corrected chi connectivity index (χ3v) is 5.17. The van der Waals surface area contributed by atoms with E-state index in [9.17, 15) is 4.79 Å². The first kappa shape index (κ1) is 22.4. The third kappa shape index (κ3) is 5.54. The van der Waals surface area contributed by atoms with E-state index in [1.807, 2.05) is 30.3 Å². The zero-order chi connectivity index (χ0) is 23.0. The number of alkyl halides is 1. The largest absolute Gasteiger partial charge is 0.493 e. The van der Waals surface area contributed by atoms with Gasteiger partial charge in [0.2, 0.25) is 0 Å². The van der Waals surface area contributed by atoms with Crippen LogP contribution in [0.2, 0.25) is 0 Å². The molecule has 0 spiro atoms. The van der Waals surface area contributed by atoms with Gasteiger partial charge in [-0.05, 0) is 55.0 Å². The van der Waals surface area contributed by atoms with Gasteiger partial charge in [0.05, 0.1) is 19.2 Å². The van der Waals surface area contributed by atoms with E-state index >= 15 is 0 Å². The van der Waals surface area contributed by atoms with Crippen LogP contribution in [-0.4, -0.2) is 30.5 Å². The van der Waals surface area contributed by atoms with E-state index in [2.05, 4.69) is 10.3 Å². The second kappa shape index (κ2) is 10.7. The number of ether oxygens (including phenoxy) is 3. The first-order chi connectivity index (χ1) is 16.2. The number of fused-ring (bicyclic) bond motifs is 1. The molecule has 0 aliphatic heterocycles. The van der Waals surface area contributed by atoms with Crippen molar-refractivity contribution in [3.05, 3.63) is 84.6 Å². The van der Waals surface area contributed by atoms with E-state index in [1.54, 1.807) is 55.8 Å². The fourth-order valence-electron chi connectivity index (χ4n) is 3.25. The molecule has 0 radical (unpaired) electrons. The molecule has 0 aliphatic carbocycles. The quantitative estimate of drug-likeness (QED) is 0.233. The van der Waals surface area contributed by atoms with Crippen molar-refractivity contribution in [2.75, 3.05) is 24.9 Å². The number of carbonyl (C=O) groups is 1. The smallest absolute Gasteiger partial charge is 0.255 e. The molecule has 33 heavy (non-hydrogen) atoms. The van der Waals surface area contributed by atoms with Crippen LogP contribution < -0.4 is 19.5 Å². The number of amides is 1. The van der Waals surface area contributed by atoms with Crippen LogP contribution in [0.15, 0.2) is 79.0 Å². The molecule has 4 rings (SSSR count). The SMILES string of the molecule is COc1cc2c(Oc3ccc(NC(=O)c4ccccc4)cc3)ccnc2cc1OCCCCl. The van der Waals surface area contributed by atoms with Crippen molar-refractivity contribution in [3.63, 3.8) is 0 Å². The van der Waals surface area contributed by atoms with Gasteiger partial charge in [-0.15, -0.1) is 11.6 Å². The lowest BCUT2D eigenvalue weighted by atomic mass is 10.1. The maximum atomic E-state index is 12.3. The van der Waals surface area contributed by atoms with E-state index in [4.69, 9.17) is 25.8 Å². The summed E-state index contributed by atoms with van der Waals surface area (Å²) in [4.78, 5) is 16.8. The molecule has 1 aromatic heterocycles. The third-order valence-electron chi connectivity index (χ3n) is 4.90. The number of benzene rings is 3. The molecular formula is C26H23ClN2O4. The van der Waals surface area contributed by atoms with Gasteiger partial charge in [0.1, 0.15) is 11.5 Å². The average Bonchev–Trinajstić information content (AvgIpc) is 2.85.